The molecule has 0 radical (unpaired) electrons. The largest absolute Gasteiger partial charge is 0.321 e. The zero-order valence-corrected chi connectivity index (χ0v) is 9.85. The molecular weight excluding hydrogens is 222 g/mol. The summed E-state index contributed by atoms with van der Waals surface area (Å²) < 4.78 is 23.2. The smallest absolute Gasteiger partial charge is 0.260 e. The van der Waals surface area contributed by atoms with Gasteiger partial charge in [-0.25, -0.2) is 0 Å². The van der Waals surface area contributed by atoms with Crippen molar-refractivity contribution in [1.82, 2.24) is 0 Å². The highest BCUT2D eigenvalue weighted by Crippen LogP contribution is 2.23. The van der Waals surface area contributed by atoms with Gasteiger partial charge >= 0.3 is 9.24 Å². The Morgan fingerprint density at radius 2 is 1.86 bits per heavy atom. The Labute approximate surface area is 88.9 Å². The average molecular weight is 234 g/mol. The van der Waals surface area contributed by atoms with Crippen molar-refractivity contribution in [2.75, 3.05) is 11.4 Å². The molecule has 1 aromatic carbocycles. The predicted octanol–water partition coefficient (Wildman–Crippen LogP) is 2.22. The van der Waals surface area contributed by atoms with Gasteiger partial charge in [-0.2, -0.15) is 8.42 Å². The molecule has 0 fully saturated rings. The molecule has 0 aliphatic rings. The summed E-state index contributed by atoms with van der Waals surface area (Å²) in [5.74, 6) is 0. The van der Waals surface area contributed by atoms with Gasteiger partial charge < -0.3 is 0 Å². The molecule has 0 N–H and O–H groups in total. The lowest BCUT2D eigenvalue weighted by molar-refractivity contribution is 0.608. The number of aryl methyl sites for hydroxylation is 2. The molecule has 0 bridgehead atoms. The number of hydrogen-bond donors (Lipinski definition) is 0. The number of halogens is 1. The molecule has 14 heavy (non-hydrogen) atoms. The molecule has 0 aliphatic heterocycles. The highest BCUT2D eigenvalue weighted by molar-refractivity contribution is 8.14. The summed E-state index contributed by atoms with van der Waals surface area (Å²) in [5, 5.41) is 0. The number of hydrogen-bond acceptors (Lipinski definition) is 2. The standard InChI is InChI=1S/C9H12ClNO2S/c1-7-4-5-9(8(2)6-7)11(3)14(10,12)13/h4-6H,1-3H3. The van der Waals surface area contributed by atoms with Gasteiger partial charge in [0.1, 0.15) is 0 Å². The topological polar surface area (TPSA) is 37.4 Å². The van der Waals surface area contributed by atoms with E-state index in [1.54, 1.807) is 6.07 Å². The molecule has 0 saturated heterocycles. The fourth-order valence-electron chi connectivity index (χ4n) is 1.28. The van der Waals surface area contributed by atoms with E-state index in [0.717, 1.165) is 15.4 Å². The van der Waals surface area contributed by atoms with Crippen molar-refractivity contribution in [2.45, 2.75) is 13.8 Å². The van der Waals surface area contributed by atoms with Crippen LogP contribution in [-0.4, -0.2) is 15.5 Å². The van der Waals surface area contributed by atoms with Gasteiger partial charge in [0.15, 0.2) is 0 Å². The van der Waals surface area contributed by atoms with Gasteiger partial charge in [0.2, 0.25) is 0 Å². The van der Waals surface area contributed by atoms with Crippen LogP contribution in [0, 0.1) is 13.8 Å². The van der Waals surface area contributed by atoms with Crippen molar-refractivity contribution in [3.8, 4) is 0 Å². The van der Waals surface area contributed by atoms with Crippen LogP contribution in [0.2, 0.25) is 0 Å². The number of rotatable bonds is 2. The average Bonchev–Trinajstić information content (AvgIpc) is 2.01. The molecule has 0 heterocycles. The predicted molar refractivity (Wildman–Crippen MR) is 59.1 cm³/mol. The van der Waals surface area contributed by atoms with E-state index >= 15 is 0 Å². The molecule has 0 amide bonds. The molecule has 0 unspecified atom stereocenters. The number of nitrogens with zero attached hydrogens (tertiary/aromatic N) is 1. The van der Waals surface area contributed by atoms with E-state index < -0.39 is 9.24 Å². The highest BCUT2D eigenvalue weighted by Gasteiger charge is 2.15. The van der Waals surface area contributed by atoms with Crippen LogP contribution in [0.15, 0.2) is 18.2 Å². The van der Waals surface area contributed by atoms with Gasteiger partial charge in [-0.15, -0.1) is 0 Å². The van der Waals surface area contributed by atoms with Crippen LogP contribution < -0.4 is 4.31 Å². The van der Waals surface area contributed by atoms with E-state index in [0.29, 0.717) is 5.69 Å². The molecule has 3 nitrogen and oxygen atoms in total. The minimum Gasteiger partial charge on any atom is -0.260 e. The first kappa shape index (κ1) is 11.3. The minimum atomic E-state index is -3.69. The highest BCUT2D eigenvalue weighted by atomic mass is 35.7. The zero-order valence-electron chi connectivity index (χ0n) is 8.28. The minimum absolute atomic E-state index is 0.602. The van der Waals surface area contributed by atoms with Gasteiger partial charge in [-0.3, -0.25) is 4.31 Å². The molecule has 0 spiro atoms. The van der Waals surface area contributed by atoms with Gasteiger partial charge in [0.25, 0.3) is 0 Å². The summed E-state index contributed by atoms with van der Waals surface area (Å²) in [6.07, 6.45) is 0. The van der Waals surface area contributed by atoms with E-state index in [1.807, 2.05) is 26.0 Å². The number of anilines is 1. The second-order valence-corrected chi connectivity index (χ2v) is 5.74. The van der Waals surface area contributed by atoms with E-state index in [9.17, 15) is 8.42 Å². The van der Waals surface area contributed by atoms with Gasteiger partial charge in [0, 0.05) is 17.7 Å². The fraction of sp³-hybridized carbons (Fsp3) is 0.333. The summed E-state index contributed by atoms with van der Waals surface area (Å²) in [4.78, 5) is 0. The molecule has 1 aromatic rings. The molecule has 0 aromatic heterocycles. The van der Waals surface area contributed by atoms with Crippen LogP contribution >= 0.6 is 10.7 Å². The van der Waals surface area contributed by atoms with Crippen molar-refractivity contribution >= 4 is 25.6 Å². The summed E-state index contributed by atoms with van der Waals surface area (Å²) in [7, 11) is 2.97. The van der Waals surface area contributed by atoms with E-state index in [1.165, 1.54) is 7.05 Å². The third-order valence-corrected chi connectivity index (χ3v) is 3.49. The molecule has 78 valence electrons. The Bertz CT molecular complexity index is 442. The zero-order chi connectivity index (χ0) is 10.9. The molecule has 0 atom stereocenters. The maximum atomic E-state index is 11.1. The SMILES string of the molecule is Cc1ccc(N(C)S(=O)(=O)Cl)c(C)c1. The Kier molecular flexibility index (Phi) is 3.07. The molecular formula is C9H12ClNO2S. The third kappa shape index (κ3) is 2.39. The lowest BCUT2D eigenvalue weighted by Gasteiger charge is -2.17. The van der Waals surface area contributed by atoms with Crippen LogP contribution in [0.1, 0.15) is 11.1 Å². The summed E-state index contributed by atoms with van der Waals surface area (Å²) in [6, 6.07) is 5.50. The second-order valence-electron chi connectivity index (χ2n) is 3.20. The van der Waals surface area contributed by atoms with Gasteiger partial charge in [0.05, 0.1) is 5.69 Å². The third-order valence-electron chi connectivity index (χ3n) is 2.02. The van der Waals surface area contributed by atoms with Crippen LogP contribution in [-0.2, 0) is 9.24 Å². The van der Waals surface area contributed by atoms with Crippen molar-refractivity contribution in [3.63, 3.8) is 0 Å². The van der Waals surface area contributed by atoms with E-state index in [-0.39, 0.29) is 0 Å². The summed E-state index contributed by atoms with van der Waals surface area (Å²) >= 11 is 0. The molecule has 0 aliphatic carbocycles. The van der Waals surface area contributed by atoms with Crippen molar-refractivity contribution in [1.29, 1.82) is 0 Å². The maximum absolute atomic E-state index is 11.1. The molecule has 1 rings (SSSR count). The summed E-state index contributed by atoms with van der Waals surface area (Å²) in [5.41, 5.74) is 2.58. The monoisotopic (exact) mass is 233 g/mol. The molecule has 0 saturated carbocycles. The Morgan fingerprint density at radius 3 is 2.29 bits per heavy atom. The number of benzene rings is 1. The quantitative estimate of drug-likeness (QED) is 0.735. The lowest BCUT2D eigenvalue weighted by Crippen LogP contribution is -2.21. The van der Waals surface area contributed by atoms with E-state index in [2.05, 4.69) is 0 Å². The maximum Gasteiger partial charge on any atom is 0.321 e. The lowest BCUT2D eigenvalue weighted by atomic mass is 10.1. The Morgan fingerprint density at radius 1 is 1.29 bits per heavy atom. The van der Waals surface area contributed by atoms with Gasteiger partial charge in [-0.05, 0) is 25.5 Å². The first-order valence-electron chi connectivity index (χ1n) is 4.08. The Hall–Kier alpha value is -0.740. The summed E-state index contributed by atoms with van der Waals surface area (Å²) in [6.45, 7) is 3.80. The van der Waals surface area contributed by atoms with Crippen LogP contribution in [0.3, 0.4) is 0 Å². The van der Waals surface area contributed by atoms with Crippen LogP contribution in [0.25, 0.3) is 0 Å². The van der Waals surface area contributed by atoms with Crippen molar-refractivity contribution in [3.05, 3.63) is 29.3 Å². The first-order chi connectivity index (χ1) is 6.32. The first-order valence-corrected chi connectivity index (χ1v) is 6.35. The fourth-order valence-corrected chi connectivity index (χ4v) is 1.94. The van der Waals surface area contributed by atoms with Crippen LogP contribution in [0.4, 0.5) is 5.69 Å². The molecule has 5 heteroatoms. The second kappa shape index (κ2) is 3.79. The van der Waals surface area contributed by atoms with E-state index in [4.69, 9.17) is 10.7 Å². The van der Waals surface area contributed by atoms with Crippen molar-refractivity contribution < 1.29 is 8.42 Å². The van der Waals surface area contributed by atoms with Crippen LogP contribution in [0.5, 0.6) is 0 Å². The van der Waals surface area contributed by atoms with Gasteiger partial charge in [-0.1, -0.05) is 17.7 Å². The van der Waals surface area contributed by atoms with Crippen molar-refractivity contribution in [2.24, 2.45) is 0 Å². The Balaban J connectivity index is 3.21. The normalized spacial score (nSPS) is 11.4.